The summed E-state index contributed by atoms with van der Waals surface area (Å²) in [7, 11) is -3.38. The van der Waals surface area contributed by atoms with E-state index in [-0.39, 0.29) is 17.3 Å². The summed E-state index contributed by atoms with van der Waals surface area (Å²) < 4.78 is 37.1. The second-order valence-electron chi connectivity index (χ2n) is 4.75. The predicted octanol–water partition coefficient (Wildman–Crippen LogP) is 3.80. The van der Waals surface area contributed by atoms with Gasteiger partial charge in [-0.05, 0) is 31.2 Å². The third kappa shape index (κ3) is 3.54. The number of hydrogen-bond acceptors (Lipinski definition) is 3. The maximum absolute atomic E-state index is 13.5. The van der Waals surface area contributed by atoms with Crippen molar-refractivity contribution in [2.75, 3.05) is 11.6 Å². The van der Waals surface area contributed by atoms with Crippen molar-refractivity contribution < 1.29 is 12.8 Å². The molecule has 3 nitrogen and oxygen atoms in total. The molecule has 0 heterocycles. The van der Waals surface area contributed by atoms with Gasteiger partial charge in [0.2, 0.25) is 0 Å². The third-order valence-electron chi connectivity index (χ3n) is 3.20. The summed E-state index contributed by atoms with van der Waals surface area (Å²) in [6.07, 6.45) is 1.13. The van der Waals surface area contributed by atoms with Crippen LogP contribution in [0.5, 0.6) is 0 Å². The van der Waals surface area contributed by atoms with Crippen molar-refractivity contribution in [2.45, 2.75) is 18.4 Å². The fourth-order valence-electron chi connectivity index (χ4n) is 2.04. The molecule has 2 aromatic carbocycles. The Bertz CT molecular complexity index is 775. The Morgan fingerprint density at radius 3 is 2.52 bits per heavy atom. The zero-order chi connectivity index (χ0) is 15.6. The van der Waals surface area contributed by atoms with Crippen LogP contribution in [0.2, 0.25) is 5.02 Å². The molecule has 21 heavy (non-hydrogen) atoms. The van der Waals surface area contributed by atoms with Gasteiger partial charge in [0.15, 0.2) is 9.84 Å². The van der Waals surface area contributed by atoms with Crippen molar-refractivity contribution in [1.29, 1.82) is 0 Å². The number of benzene rings is 2. The highest BCUT2D eigenvalue weighted by Crippen LogP contribution is 2.26. The normalized spacial score (nSPS) is 11.4. The third-order valence-corrected chi connectivity index (χ3v) is 4.73. The highest BCUT2D eigenvalue weighted by atomic mass is 35.5. The van der Waals surface area contributed by atoms with E-state index in [2.05, 4.69) is 5.32 Å². The minimum absolute atomic E-state index is 0.177. The molecule has 2 aromatic rings. The number of anilines is 1. The molecule has 2 rings (SSSR count). The van der Waals surface area contributed by atoms with Crippen molar-refractivity contribution >= 4 is 27.1 Å². The molecule has 0 saturated heterocycles. The van der Waals surface area contributed by atoms with Crippen molar-refractivity contribution in [3.8, 4) is 0 Å². The predicted molar refractivity (Wildman–Crippen MR) is 83.0 cm³/mol. The highest BCUT2D eigenvalue weighted by molar-refractivity contribution is 7.90. The molecule has 0 radical (unpaired) electrons. The minimum Gasteiger partial charge on any atom is -0.381 e. The molecule has 0 atom stereocenters. The molecule has 112 valence electrons. The van der Waals surface area contributed by atoms with Crippen LogP contribution in [-0.2, 0) is 16.4 Å². The van der Waals surface area contributed by atoms with Gasteiger partial charge in [-0.2, -0.15) is 0 Å². The van der Waals surface area contributed by atoms with Gasteiger partial charge in [0, 0.05) is 34.6 Å². The average molecular weight is 328 g/mol. The lowest BCUT2D eigenvalue weighted by atomic mass is 10.1. The van der Waals surface area contributed by atoms with Crippen LogP contribution in [0.3, 0.4) is 0 Å². The van der Waals surface area contributed by atoms with Gasteiger partial charge in [-0.15, -0.1) is 0 Å². The van der Waals surface area contributed by atoms with Gasteiger partial charge in [-0.1, -0.05) is 23.7 Å². The molecule has 0 fully saturated rings. The number of rotatable bonds is 4. The topological polar surface area (TPSA) is 46.2 Å². The van der Waals surface area contributed by atoms with E-state index in [9.17, 15) is 12.8 Å². The molecule has 1 N–H and O–H groups in total. The molecule has 0 aliphatic carbocycles. The summed E-state index contributed by atoms with van der Waals surface area (Å²) in [6, 6.07) is 9.43. The van der Waals surface area contributed by atoms with Crippen molar-refractivity contribution in [3.05, 3.63) is 58.4 Å². The monoisotopic (exact) mass is 327 g/mol. The average Bonchev–Trinajstić information content (AvgIpc) is 2.40. The summed E-state index contributed by atoms with van der Waals surface area (Å²) in [4.78, 5) is 0.177. The molecule has 0 amide bonds. The van der Waals surface area contributed by atoms with E-state index in [1.807, 2.05) is 0 Å². The molecule has 0 aromatic heterocycles. The molecule has 0 aliphatic rings. The number of hydrogen-bond donors (Lipinski definition) is 1. The second kappa shape index (κ2) is 6.03. The maximum Gasteiger partial charge on any atom is 0.175 e. The summed E-state index contributed by atoms with van der Waals surface area (Å²) in [5.41, 5.74) is 1.56. The Balaban J connectivity index is 2.35. The largest absolute Gasteiger partial charge is 0.381 e. The van der Waals surface area contributed by atoms with Crippen LogP contribution in [0.25, 0.3) is 0 Å². The standard InChI is InChI=1S/C15H15ClFNO2S/c1-10-13(17)6-4-7-14(10)18-9-11-12(16)5-3-8-15(11)21(2,19)20/h3-8,18H,9H2,1-2H3. The molecule has 0 spiro atoms. The number of halogens is 2. The first kappa shape index (κ1) is 15.8. The van der Waals surface area contributed by atoms with Gasteiger partial charge in [-0.25, -0.2) is 12.8 Å². The Morgan fingerprint density at radius 2 is 1.86 bits per heavy atom. The van der Waals surface area contributed by atoms with Crippen LogP contribution < -0.4 is 5.32 Å². The molecule has 0 bridgehead atoms. The van der Waals surface area contributed by atoms with Gasteiger partial charge in [0.1, 0.15) is 5.82 Å². The van der Waals surface area contributed by atoms with Gasteiger partial charge < -0.3 is 5.32 Å². The van der Waals surface area contributed by atoms with E-state index in [0.29, 0.717) is 21.8 Å². The second-order valence-corrected chi connectivity index (χ2v) is 7.15. The molecular formula is C15H15ClFNO2S. The van der Waals surface area contributed by atoms with Gasteiger partial charge >= 0.3 is 0 Å². The van der Waals surface area contributed by atoms with Crippen LogP contribution in [0, 0.1) is 12.7 Å². The summed E-state index contributed by atoms with van der Waals surface area (Å²) in [6.45, 7) is 1.86. The van der Waals surface area contributed by atoms with E-state index in [1.165, 1.54) is 12.1 Å². The van der Waals surface area contributed by atoms with E-state index in [4.69, 9.17) is 11.6 Å². The summed E-state index contributed by atoms with van der Waals surface area (Å²) in [5, 5.41) is 3.40. The highest BCUT2D eigenvalue weighted by Gasteiger charge is 2.16. The number of sulfone groups is 1. The van der Waals surface area contributed by atoms with Crippen LogP contribution in [0.1, 0.15) is 11.1 Å². The van der Waals surface area contributed by atoms with E-state index in [0.717, 1.165) is 6.26 Å². The fourth-order valence-corrected chi connectivity index (χ4v) is 3.29. The van der Waals surface area contributed by atoms with Gasteiger partial charge in [-0.3, -0.25) is 0 Å². The molecule has 0 unspecified atom stereocenters. The van der Waals surface area contributed by atoms with Crippen molar-refractivity contribution in [1.82, 2.24) is 0 Å². The smallest absolute Gasteiger partial charge is 0.175 e. The van der Waals surface area contributed by atoms with Crippen LogP contribution >= 0.6 is 11.6 Å². The Labute approximate surface area is 128 Å². The Morgan fingerprint density at radius 1 is 1.19 bits per heavy atom. The first-order valence-electron chi connectivity index (χ1n) is 6.27. The zero-order valence-electron chi connectivity index (χ0n) is 11.7. The molecule has 6 heteroatoms. The quantitative estimate of drug-likeness (QED) is 0.929. The van der Waals surface area contributed by atoms with Crippen LogP contribution in [-0.4, -0.2) is 14.7 Å². The zero-order valence-corrected chi connectivity index (χ0v) is 13.2. The molecular weight excluding hydrogens is 313 g/mol. The first-order valence-corrected chi connectivity index (χ1v) is 8.54. The Hall–Kier alpha value is -1.59. The lowest BCUT2D eigenvalue weighted by Crippen LogP contribution is -2.08. The fraction of sp³-hybridized carbons (Fsp3) is 0.200. The SMILES string of the molecule is Cc1c(F)cccc1NCc1c(Cl)cccc1S(C)(=O)=O. The van der Waals surface area contributed by atoms with Gasteiger partial charge in [0.25, 0.3) is 0 Å². The van der Waals surface area contributed by atoms with Crippen LogP contribution in [0.4, 0.5) is 10.1 Å². The first-order chi connectivity index (χ1) is 9.80. The summed E-state index contributed by atoms with van der Waals surface area (Å²) >= 11 is 6.09. The Kier molecular flexibility index (Phi) is 4.54. The maximum atomic E-state index is 13.5. The molecule has 0 saturated carbocycles. The van der Waals surface area contributed by atoms with Gasteiger partial charge in [0.05, 0.1) is 4.90 Å². The van der Waals surface area contributed by atoms with E-state index in [1.54, 1.807) is 31.2 Å². The summed E-state index contributed by atoms with van der Waals surface area (Å²) in [5.74, 6) is -0.317. The van der Waals surface area contributed by atoms with Crippen molar-refractivity contribution in [3.63, 3.8) is 0 Å². The van der Waals surface area contributed by atoms with Crippen LogP contribution in [0.15, 0.2) is 41.3 Å². The van der Waals surface area contributed by atoms with E-state index < -0.39 is 9.84 Å². The lowest BCUT2D eigenvalue weighted by molar-refractivity contribution is 0.600. The van der Waals surface area contributed by atoms with Crippen molar-refractivity contribution in [2.24, 2.45) is 0 Å². The lowest BCUT2D eigenvalue weighted by Gasteiger charge is -2.14. The molecule has 0 aliphatic heterocycles. The minimum atomic E-state index is -3.38. The van der Waals surface area contributed by atoms with E-state index >= 15 is 0 Å². The number of nitrogens with one attached hydrogen (secondary N) is 1.